The van der Waals surface area contributed by atoms with Crippen LogP contribution >= 0.6 is 0 Å². The molecule has 9 heteroatoms. The Hall–Kier alpha value is -3.10. The highest BCUT2D eigenvalue weighted by molar-refractivity contribution is 6.04. The predicted octanol–water partition coefficient (Wildman–Crippen LogP) is 7.58. The van der Waals surface area contributed by atoms with E-state index in [2.05, 4.69) is 0 Å². The van der Waals surface area contributed by atoms with Crippen LogP contribution in [0.1, 0.15) is 29.5 Å². The van der Waals surface area contributed by atoms with E-state index in [-0.39, 0.29) is 29.7 Å². The lowest BCUT2D eigenvalue weighted by atomic mass is 9.92. The number of Topliss-reactive ketones (excluding diaryl/α,β-unsaturated/α-hetero) is 1. The number of hydrogen-bond acceptors (Lipinski definition) is 2. The first-order chi connectivity index (χ1) is 14.9. The molecule has 3 rings (SSSR count). The minimum absolute atomic E-state index is 0.0602. The molecule has 2 nitrogen and oxygen atoms in total. The third-order valence-corrected chi connectivity index (χ3v) is 4.85. The quantitative estimate of drug-likeness (QED) is 0.270. The third-order valence-electron chi connectivity index (χ3n) is 4.85. The van der Waals surface area contributed by atoms with Gasteiger partial charge in [-0.1, -0.05) is 74.0 Å². The zero-order chi connectivity index (χ0) is 23.7. The Bertz CT molecular complexity index is 1080. The first-order valence-corrected chi connectivity index (χ1v) is 9.57. The summed E-state index contributed by atoms with van der Waals surface area (Å²) in [5.74, 6) is -16.6. The highest BCUT2D eigenvalue weighted by Gasteiger charge is 2.76. The molecule has 32 heavy (non-hydrogen) atoms. The molecule has 3 aromatic rings. The summed E-state index contributed by atoms with van der Waals surface area (Å²) >= 11 is 0. The van der Waals surface area contributed by atoms with Gasteiger partial charge >= 0.3 is 18.0 Å². The first kappa shape index (κ1) is 23.6. The summed E-state index contributed by atoms with van der Waals surface area (Å²) in [7, 11) is 0. The molecule has 1 aromatic heterocycles. The van der Waals surface area contributed by atoms with Gasteiger partial charge in [0.25, 0.3) is 5.78 Å². The maximum atomic E-state index is 14.3. The molecule has 0 radical (unpaired) electrons. The van der Waals surface area contributed by atoms with Crippen LogP contribution in [-0.4, -0.2) is 23.8 Å². The maximum absolute atomic E-state index is 14.3. The Morgan fingerprint density at radius 1 is 0.812 bits per heavy atom. The van der Waals surface area contributed by atoms with Crippen LogP contribution in [0.3, 0.4) is 0 Å². The number of alkyl halides is 7. The number of ketones is 1. The van der Waals surface area contributed by atoms with Crippen molar-refractivity contribution in [3.8, 4) is 22.5 Å². The monoisotopic (exact) mass is 458 g/mol. The van der Waals surface area contributed by atoms with Gasteiger partial charge < -0.3 is 4.42 Å². The molecule has 0 amide bonds. The number of hydrogen-bond donors (Lipinski definition) is 0. The van der Waals surface area contributed by atoms with E-state index in [4.69, 9.17) is 4.42 Å². The Morgan fingerprint density at radius 3 is 1.78 bits per heavy atom. The normalized spacial score (nSPS) is 12.8. The maximum Gasteiger partial charge on any atom is 0.460 e. The molecule has 0 fully saturated rings. The van der Waals surface area contributed by atoms with E-state index in [0.717, 1.165) is 0 Å². The Kier molecular flexibility index (Phi) is 6.22. The fourth-order valence-electron chi connectivity index (χ4n) is 3.30. The average molecular weight is 458 g/mol. The molecule has 170 valence electrons. The van der Waals surface area contributed by atoms with Gasteiger partial charge in [-0.15, -0.1) is 0 Å². The smallest absolute Gasteiger partial charge is 0.452 e. The first-order valence-electron chi connectivity index (χ1n) is 9.57. The van der Waals surface area contributed by atoms with E-state index in [9.17, 15) is 35.5 Å². The minimum atomic E-state index is -6.63. The number of carbonyl (C=O) groups is 1. The van der Waals surface area contributed by atoms with Gasteiger partial charge in [-0.2, -0.15) is 30.7 Å². The summed E-state index contributed by atoms with van der Waals surface area (Å²) in [6.45, 7) is 1.64. The van der Waals surface area contributed by atoms with Crippen LogP contribution in [-0.2, 0) is 6.42 Å². The van der Waals surface area contributed by atoms with Crippen LogP contribution in [0.2, 0.25) is 0 Å². The summed E-state index contributed by atoms with van der Waals surface area (Å²) in [5.41, 5.74) is 0.811. The van der Waals surface area contributed by atoms with Gasteiger partial charge in [0, 0.05) is 16.7 Å². The molecule has 0 aliphatic heterocycles. The number of benzene rings is 2. The molecule has 0 aliphatic carbocycles. The number of carbonyl (C=O) groups excluding carboxylic acids is 1. The SMILES string of the molecule is CCCc1c(C(=O)C(F)(F)C(F)(F)C(F)(F)F)oc(-c2ccccc2)c1-c1ccccc1. The van der Waals surface area contributed by atoms with Crippen LogP contribution in [0, 0.1) is 0 Å². The largest absolute Gasteiger partial charge is 0.460 e. The van der Waals surface area contributed by atoms with Crippen molar-refractivity contribution in [2.75, 3.05) is 0 Å². The van der Waals surface area contributed by atoms with Crippen molar-refractivity contribution in [3.63, 3.8) is 0 Å². The molecular formula is C23H17F7O2. The standard InChI is InChI=1S/C23H17F7O2/c1-2-9-16-17(14-10-5-3-6-11-14)18(15-12-7-4-8-13-15)32-19(16)20(31)21(24,25)22(26,27)23(28,29)30/h3-8,10-13H,2,9H2,1H3. The lowest BCUT2D eigenvalue weighted by Gasteiger charge is -2.26. The van der Waals surface area contributed by atoms with Crippen molar-refractivity contribution in [1.82, 2.24) is 0 Å². The molecule has 1 heterocycles. The number of furan rings is 1. The lowest BCUT2D eigenvalue weighted by molar-refractivity contribution is -0.339. The average Bonchev–Trinajstić information content (AvgIpc) is 3.13. The predicted molar refractivity (Wildman–Crippen MR) is 104 cm³/mol. The molecule has 0 aliphatic rings. The van der Waals surface area contributed by atoms with Crippen molar-refractivity contribution in [2.45, 2.75) is 37.8 Å². The van der Waals surface area contributed by atoms with Gasteiger partial charge in [0.2, 0.25) is 0 Å². The Labute approximate surface area is 178 Å². The molecule has 0 spiro atoms. The van der Waals surface area contributed by atoms with E-state index in [0.29, 0.717) is 11.1 Å². The third kappa shape index (κ3) is 3.91. The Balaban J connectivity index is 2.30. The fraction of sp³-hybridized carbons (Fsp3) is 0.261. The second-order valence-electron chi connectivity index (χ2n) is 7.07. The van der Waals surface area contributed by atoms with E-state index in [1.54, 1.807) is 55.5 Å². The summed E-state index contributed by atoms with van der Waals surface area (Å²) < 4.78 is 99.0. The van der Waals surface area contributed by atoms with E-state index in [1.807, 2.05) is 0 Å². The molecule has 2 aromatic carbocycles. The van der Waals surface area contributed by atoms with Gasteiger partial charge in [0.05, 0.1) is 0 Å². The second-order valence-corrected chi connectivity index (χ2v) is 7.07. The van der Waals surface area contributed by atoms with Crippen molar-refractivity contribution in [2.24, 2.45) is 0 Å². The van der Waals surface area contributed by atoms with Crippen molar-refractivity contribution < 1.29 is 39.9 Å². The van der Waals surface area contributed by atoms with Gasteiger partial charge in [-0.3, -0.25) is 4.79 Å². The van der Waals surface area contributed by atoms with Gasteiger partial charge in [0.1, 0.15) is 5.76 Å². The van der Waals surface area contributed by atoms with Crippen LogP contribution < -0.4 is 0 Å². The van der Waals surface area contributed by atoms with Crippen LogP contribution in [0.4, 0.5) is 30.7 Å². The van der Waals surface area contributed by atoms with Crippen LogP contribution in [0.15, 0.2) is 65.1 Å². The molecular weight excluding hydrogens is 441 g/mol. The summed E-state index contributed by atoms with van der Waals surface area (Å²) in [4.78, 5) is 12.5. The molecule has 0 saturated carbocycles. The number of rotatable bonds is 7. The summed E-state index contributed by atoms with van der Waals surface area (Å²) in [6.07, 6.45) is -6.40. The summed E-state index contributed by atoms with van der Waals surface area (Å²) in [6, 6.07) is 16.0. The zero-order valence-electron chi connectivity index (χ0n) is 16.6. The van der Waals surface area contributed by atoms with E-state index in [1.165, 1.54) is 12.1 Å². The molecule has 0 saturated heterocycles. The van der Waals surface area contributed by atoms with E-state index >= 15 is 0 Å². The molecule has 0 atom stereocenters. The summed E-state index contributed by atoms with van der Waals surface area (Å²) in [5, 5.41) is 0. The lowest BCUT2D eigenvalue weighted by Crippen LogP contribution is -2.56. The minimum Gasteiger partial charge on any atom is -0.452 e. The van der Waals surface area contributed by atoms with E-state index < -0.39 is 29.6 Å². The molecule has 0 bridgehead atoms. The van der Waals surface area contributed by atoms with Gasteiger partial charge in [-0.25, -0.2) is 0 Å². The highest BCUT2D eigenvalue weighted by atomic mass is 19.4. The molecule has 0 N–H and O–H groups in total. The Morgan fingerprint density at radius 2 is 1.31 bits per heavy atom. The van der Waals surface area contributed by atoms with Crippen molar-refractivity contribution >= 4 is 5.78 Å². The van der Waals surface area contributed by atoms with Crippen LogP contribution in [0.25, 0.3) is 22.5 Å². The number of halogens is 7. The van der Waals surface area contributed by atoms with Crippen LogP contribution in [0.5, 0.6) is 0 Å². The van der Waals surface area contributed by atoms with Gasteiger partial charge in [-0.05, 0) is 12.0 Å². The highest BCUT2D eigenvalue weighted by Crippen LogP contribution is 2.49. The fourth-order valence-corrected chi connectivity index (χ4v) is 3.30. The topological polar surface area (TPSA) is 30.2 Å². The van der Waals surface area contributed by atoms with Crippen molar-refractivity contribution in [1.29, 1.82) is 0 Å². The van der Waals surface area contributed by atoms with Crippen molar-refractivity contribution in [3.05, 3.63) is 72.0 Å². The second kappa shape index (κ2) is 8.44. The van der Waals surface area contributed by atoms with Gasteiger partial charge in [0.15, 0.2) is 5.76 Å². The zero-order valence-corrected chi connectivity index (χ0v) is 16.6. The molecule has 0 unspecified atom stereocenters.